The number of hydrogen-bond donors (Lipinski definition) is 0. The fourth-order valence-electron chi connectivity index (χ4n) is 0.434. The molecule has 0 radical (unpaired) electrons. The Labute approximate surface area is 65.7 Å². The molecule has 0 fully saturated rings. The molecule has 0 aliphatic heterocycles. The van der Waals surface area contributed by atoms with Crippen LogP contribution in [0.2, 0.25) is 0 Å². The van der Waals surface area contributed by atoms with Crippen molar-refractivity contribution in [3.63, 3.8) is 0 Å². The van der Waals surface area contributed by atoms with Crippen LogP contribution in [-0.2, 0) is 0 Å². The number of rotatable bonds is 2. The van der Waals surface area contributed by atoms with Crippen LogP contribution < -0.4 is 0 Å². The summed E-state index contributed by atoms with van der Waals surface area (Å²) in [7, 11) is 1.87. The minimum absolute atomic E-state index is 0.183. The number of allylic oxidation sites excluding steroid dienone is 5. The number of hydrogen-bond acceptors (Lipinski definition) is 0. The van der Waals surface area contributed by atoms with Crippen LogP contribution in [0, 0.1) is 0 Å². The highest BCUT2D eigenvalue weighted by Gasteiger charge is 2.03. The van der Waals surface area contributed by atoms with Gasteiger partial charge in [-0.25, -0.2) is 13.2 Å². The molecule has 0 spiro atoms. The molecule has 0 amide bonds. The summed E-state index contributed by atoms with van der Waals surface area (Å²) in [6.45, 7) is 3.86. The Hall–Kier alpha value is -0.560. The second-order valence-corrected chi connectivity index (χ2v) is 2.53. The fourth-order valence-corrected chi connectivity index (χ4v) is 0.821. The molecule has 0 N–H and O–H groups in total. The van der Waals surface area contributed by atoms with Crippen molar-refractivity contribution in [1.82, 2.24) is 0 Å². The van der Waals surface area contributed by atoms with E-state index >= 15 is 0 Å². The first-order valence-corrected chi connectivity index (χ1v) is 3.36. The molecule has 0 bridgehead atoms. The van der Waals surface area contributed by atoms with Gasteiger partial charge < -0.3 is 0 Å². The van der Waals surface area contributed by atoms with E-state index in [1.54, 1.807) is 0 Å². The van der Waals surface area contributed by atoms with Gasteiger partial charge in [0, 0.05) is 5.31 Å². The SMILES string of the molecule is C=C(F)/C(F)=C(P)\C=C(/C)F. The monoisotopic (exact) mass is 180 g/mol. The van der Waals surface area contributed by atoms with Gasteiger partial charge in [0.05, 0.1) is 5.83 Å². The van der Waals surface area contributed by atoms with Gasteiger partial charge in [-0.15, -0.1) is 9.24 Å². The average Bonchev–Trinajstić information content (AvgIpc) is 1.84. The van der Waals surface area contributed by atoms with Crippen LogP contribution in [0.15, 0.2) is 35.4 Å². The molecule has 62 valence electrons. The van der Waals surface area contributed by atoms with Gasteiger partial charge in [0.2, 0.25) is 0 Å². The zero-order chi connectivity index (χ0) is 9.02. The molecule has 1 atom stereocenters. The summed E-state index contributed by atoms with van der Waals surface area (Å²) in [6.07, 6.45) is 0.866. The molecule has 0 rings (SSSR count). The first kappa shape index (κ1) is 10.4. The van der Waals surface area contributed by atoms with E-state index in [4.69, 9.17) is 0 Å². The second-order valence-electron chi connectivity index (χ2n) is 1.91. The summed E-state index contributed by atoms with van der Waals surface area (Å²) in [4.78, 5) is 0. The van der Waals surface area contributed by atoms with Crippen molar-refractivity contribution >= 4 is 9.24 Å². The zero-order valence-corrected chi connectivity index (χ0v) is 7.15. The van der Waals surface area contributed by atoms with Crippen LogP contribution >= 0.6 is 9.24 Å². The van der Waals surface area contributed by atoms with Crippen molar-refractivity contribution in [1.29, 1.82) is 0 Å². The molecule has 0 saturated heterocycles. The molecule has 1 unspecified atom stereocenters. The molecule has 11 heavy (non-hydrogen) atoms. The summed E-state index contributed by atoms with van der Waals surface area (Å²) in [5.74, 6) is -2.94. The Balaban J connectivity index is 4.68. The summed E-state index contributed by atoms with van der Waals surface area (Å²) in [5, 5.41) is -0.183. The molecular formula is C7H8F3P. The minimum Gasteiger partial charge on any atom is -0.212 e. The van der Waals surface area contributed by atoms with Gasteiger partial charge in [0.1, 0.15) is 0 Å². The lowest BCUT2D eigenvalue weighted by Crippen LogP contribution is -1.76. The highest BCUT2D eigenvalue weighted by Crippen LogP contribution is 2.23. The predicted octanol–water partition coefficient (Wildman–Crippen LogP) is 3.40. The standard InChI is InChI=1S/C7H8F3P/c1-4(8)3-6(11)7(10)5(2)9/h3H,2,11H2,1H3/b4-3+,7-6-. The topological polar surface area (TPSA) is 0 Å². The van der Waals surface area contributed by atoms with Gasteiger partial charge in [-0.1, -0.05) is 6.58 Å². The van der Waals surface area contributed by atoms with Gasteiger partial charge in [-0.3, -0.25) is 0 Å². The van der Waals surface area contributed by atoms with E-state index in [-0.39, 0.29) is 5.31 Å². The van der Waals surface area contributed by atoms with E-state index in [0.717, 1.165) is 13.0 Å². The van der Waals surface area contributed by atoms with Crippen LogP contribution in [-0.4, -0.2) is 0 Å². The lowest BCUT2D eigenvalue weighted by Gasteiger charge is -1.94. The van der Waals surface area contributed by atoms with Crippen LogP contribution in [0.25, 0.3) is 0 Å². The maximum atomic E-state index is 12.5. The number of halogens is 3. The third-order valence-corrected chi connectivity index (χ3v) is 1.27. The Morgan fingerprint density at radius 2 is 1.82 bits per heavy atom. The van der Waals surface area contributed by atoms with E-state index in [1.165, 1.54) is 0 Å². The molecular weight excluding hydrogens is 172 g/mol. The molecule has 4 heteroatoms. The van der Waals surface area contributed by atoms with Crippen LogP contribution in [0.5, 0.6) is 0 Å². The molecule has 0 aliphatic rings. The van der Waals surface area contributed by atoms with Crippen molar-refractivity contribution in [2.24, 2.45) is 0 Å². The quantitative estimate of drug-likeness (QED) is 0.451. The summed E-state index contributed by atoms with van der Waals surface area (Å²) >= 11 is 0. The van der Waals surface area contributed by atoms with E-state index in [9.17, 15) is 13.2 Å². The van der Waals surface area contributed by atoms with Crippen LogP contribution in [0.3, 0.4) is 0 Å². The maximum Gasteiger partial charge on any atom is 0.165 e. The van der Waals surface area contributed by atoms with Crippen molar-refractivity contribution < 1.29 is 13.2 Å². The Bertz CT molecular complexity index is 224. The molecule has 0 nitrogen and oxygen atoms in total. The second kappa shape index (κ2) is 4.35. The predicted molar refractivity (Wildman–Crippen MR) is 43.0 cm³/mol. The molecule has 0 aromatic heterocycles. The third kappa shape index (κ3) is 3.99. The fraction of sp³-hybridized carbons (Fsp3) is 0.143. The van der Waals surface area contributed by atoms with Crippen LogP contribution in [0.4, 0.5) is 13.2 Å². The van der Waals surface area contributed by atoms with Crippen molar-refractivity contribution in [3.8, 4) is 0 Å². The molecule has 0 aromatic carbocycles. The largest absolute Gasteiger partial charge is 0.212 e. The van der Waals surface area contributed by atoms with Gasteiger partial charge in [-0.05, 0) is 13.0 Å². The van der Waals surface area contributed by atoms with E-state index in [2.05, 4.69) is 6.58 Å². The van der Waals surface area contributed by atoms with Crippen molar-refractivity contribution in [2.75, 3.05) is 0 Å². The highest BCUT2D eigenvalue weighted by atomic mass is 31.0. The highest BCUT2D eigenvalue weighted by molar-refractivity contribution is 7.23. The van der Waals surface area contributed by atoms with Gasteiger partial charge in [0.15, 0.2) is 11.7 Å². The van der Waals surface area contributed by atoms with E-state index in [0.29, 0.717) is 0 Å². The first-order chi connectivity index (χ1) is 4.95. The van der Waals surface area contributed by atoms with Gasteiger partial charge in [0.25, 0.3) is 0 Å². The lowest BCUT2D eigenvalue weighted by atomic mass is 10.4. The van der Waals surface area contributed by atoms with Gasteiger partial charge in [-0.2, -0.15) is 0 Å². The minimum atomic E-state index is -1.20. The molecule has 0 saturated carbocycles. The van der Waals surface area contributed by atoms with Crippen LogP contribution in [0.1, 0.15) is 6.92 Å². The maximum absolute atomic E-state index is 12.5. The first-order valence-electron chi connectivity index (χ1n) is 2.79. The summed E-state index contributed by atoms with van der Waals surface area (Å²) < 4.78 is 36.5. The van der Waals surface area contributed by atoms with Crippen molar-refractivity contribution in [2.45, 2.75) is 6.92 Å². The molecule has 0 aliphatic carbocycles. The summed E-state index contributed by atoms with van der Waals surface area (Å²) in [6, 6.07) is 0. The average molecular weight is 180 g/mol. The zero-order valence-electron chi connectivity index (χ0n) is 6.00. The molecule has 0 aromatic rings. The van der Waals surface area contributed by atoms with Crippen molar-refractivity contribution in [3.05, 3.63) is 35.4 Å². The smallest absolute Gasteiger partial charge is 0.165 e. The third-order valence-electron chi connectivity index (χ3n) is 0.846. The summed E-state index contributed by atoms with van der Waals surface area (Å²) in [5.41, 5.74) is 0. The Kier molecular flexibility index (Phi) is 4.12. The molecule has 0 heterocycles. The lowest BCUT2D eigenvalue weighted by molar-refractivity contribution is 0.546. The van der Waals surface area contributed by atoms with Gasteiger partial charge >= 0.3 is 0 Å². The van der Waals surface area contributed by atoms with E-state index < -0.39 is 17.5 Å². The Morgan fingerprint density at radius 1 is 1.36 bits per heavy atom. The normalized spacial score (nSPS) is 14.5. The Morgan fingerprint density at radius 3 is 2.09 bits per heavy atom. The van der Waals surface area contributed by atoms with E-state index in [1.807, 2.05) is 9.24 Å².